The van der Waals surface area contributed by atoms with E-state index in [9.17, 15) is 29.9 Å². The summed E-state index contributed by atoms with van der Waals surface area (Å²) in [6.45, 7) is 6.88. The van der Waals surface area contributed by atoms with Gasteiger partial charge in [0, 0.05) is 23.7 Å². The minimum absolute atomic E-state index is 0.0948. The number of rotatable bonds is 8. The molecule has 0 unspecified atom stereocenters. The van der Waals surface area contributed by atoms with Crippen molar-refractivity contribution < 1.29 is 44.1 Å². The lowest BCUT2D eigenvalue weighted by atomic mass is 9.98. The predicted octanol–water partition coefficient (Wildman–Crippen LogP) is 0.400. The Kier molecular flexibility index (Phi) is 7.62. The summed E-state index contributed by atoms with van der Waals surface area (Å²) in [5.74, 6) is -3.31. The molecular formula is C22H31FN2O8. The Morgan fingerprint density at radius 1 is 1.24 bits per heavy atom. The predicted molar refractivity (Wildman–Crippen MR) is 113 cm³/mol. The lowest BCUT2D eigenvalue weighted by Gasteiger charge is -2.43. The summed E-state index contributed by atoms with van der Waals surface area (Å²) in [5, 5.41) is 55.0. The van der Waals surface area contributed by atoms with E-state index in [1.165, 1.54) is 12.1 Å². The number of aliphatic hydroxyl groups excluding tert-OH is 4. The Morgan fingerprint density at radius 3 is 2.52 bits per heavy atom. The van der Waals surface area contributed by atoms with Crippen LogP contribution < -0.4 is 9.47 Å². The molecule has 0 amide bonds. The molecule has 184 valence electrons. The standard InChI is InChI=1S/C22H31FN2O8/c1-5-31-16-7-6-13(9-15(16)23)8-14-12(4)25(11(2)3)24-21(14)33-22(30)20(29)19(28)18(27)17(10-26)32-22/h6-7,9,11,17-20,26-30H,5,8,10H2,1-4H3/t17-,18-,19+,20-,22-/m1/s1. The fourth-order valence-electron chi connectivity index (χ4n) is 3.79. The number of ether oxygens (including phenoxy) is 3. The zero-order valence-corrected chi connectivity index (χ0v) is 19.0. The van der Waals surface area contributed by atoms with Gasteiger partial charge in [0.1, 0.15) is 18.3 Å². The van der Waals surface area contributed by atoms with Crippen molar-refractivity contribution in [3.05, 3.63) is 40.8 Å². The molecule has 0 spiro atoms. The van der Waals surface area contributed by atoms with Gasteiger partial charge in [0.25, 0.3) is 0 Å². The van der Waals surface area contributed by atoms with Crippen LogP contribution in [0, 0.1) is 12.7 Å². The molecule has 1 aromatic carbocycles. The number of aromatic nitrogens is 2. The Morgan fingerprint density at radius 2 is 1.94 bits per heavy atom. The van der Waals surface area contributed by atoms with Crippen molar-refractivity contribution in [2.45, 2.75) is 70.5 Å². The van der Waals surface area contributed by atoms with Crippen molar-refractivity contribution in [3.63, 3.8) is 0 Å². The number of aliphatic hydroxyl groups is 5. The maximum atomic E-state index is 14.4. The Bertz CT molecular complexity index is 966. The lowest BCUT2D eigenvalue weighted by molar-refractivity contribution is -0.423. The molecule has 1 fully saturated rings. The highest BCUT2D eigenvalue weighted by Gasteiger charge is 2.55. The smallest absolute Gasteiger partial charge is 0.356 e. The summed E-state index contributed by atoms with van der Waals surface area (Å²) in [5.41, 5.74) is 1.73. The molecule has 1 aliphatic heterocycles. The van der Waals surface area contributed by atoms with Crippen LogP contribution in [0.25, 0.3) is 0 Å². The van der Waals surface area contributed by atoms with E-state index in [-0.39, 0.29) is 24.1 Å². The van der Waals surface area contributed by atoms with E-state index >= 15 is 0 Å². The number of benzene rings is 1. The maximum absolute atomic E-state index is 14.4. The van der Waals surface area contributed by atoms with Crippen LogP contribution in [0.4, 0.5) is 4.39 Å². The van der Waals surface area contributed by atoms with E-state index in [1.807, 2.05) is 13.8 Å². The van der Waals surface area contributed by atoms with Crippen molar-refractivity contribution in [2.75, 3.05) is 13.2 Å². The number of hydrogen-bond acceptors (Lipinski definition) is 9. The van der Waals surface area contributed by atoms with Gasteiger partial charge in [-0.2, -0.15) is 0 Å². The minimum Gasteiger partial charge on any atom is -0.491 e. The highest BCUT2D eigenvalue weighted by molar-refractivity contribution is 5.39. The van der Waals surface area contributed by atoms with E-state index in [2.05, 4.69) is 5.10 Å². The van der Waals surface area contributed by atoms with Crippen LogP contribution in [0.2, 0.25) is 0 Å². The van der Waals surface area contributed by atoms with Gasteiger partial charge in [-0.3, -0.25) is 4.68 Å². The maximum Gasteiger partial charge on any atom is 0.356 e. The second kappa shape index (κ2) is 9.92. The fourth-order valence-corrected chi connectivity index (χ4v) is 3.79. The van der Waals surface area contributed by atoms with Crippen LogP contribution >= 0.6 is 0 Å². The number of halogens is 1. The molecule has 1 aromatic heterocycles. The zero-order valence-electron chi connectivity index (χ0n) is 19.0. The molecule has 0 radical (unpaired) electrons. The number of nitrogens with zero attached hydrogens (tertiary/aromatic N) is 2. The Labute approximate surface area is 190 Å². The molecule has 0 bridgehead atoms. The normalized spacial score (nSPS) is 27.7. The molecule has 0 aliphatic carbocycles. The summed E-state index contributed by atoms with van der Waals surface area (Å²) in [4.78, 5) is 0. The van der Waals surface area contributed by atoms with Crippen molar-refractivity contribution in [1.82, 2.24) is 9.78 Å². The van der Waals surface area contributed by atoms with Crippen LogP contribution in [0.15, 0.2) is 18.2 Å². The molecule has 1 aliphatic rings. The van der Waals surface area contributed by atoms with Gasteiger partial charge in [-0.15, -0.1) is 5.10 Å². The molecular weight excluding hydrogens is 439 g/mol. The summed E-state index contributed by atoms with van der Waals surface area (Å²) in [6, 6.07) is 4.43. The first kappa shape index (κ1) is 25.3. The SMILES string of the molecule is CCOc1ccc(Cc2c(O[C@]3(O)O[C@H](CO)[C@@H](O)[C@H](O)[C@H]3O)nn(C(C)C)c2C)cc1F. The summed E-state index contributed by atoms with van der Waals surface area (Å²) in [6.07, 6.45) is -6.80. The minimum atomic E-state index is -2.80. The first-order chi connectivity index (χ1) is 15.5. The Hall–Kier alpha value is -2.28. The van der Waals surface area contributed by atoms with E-state index < -0.39 is 42.8 Å². The van der Waals surface area contributed by atoms with Crippen LogP contribution in [-0.4, -0.2) is 78.9 Å². The molecule has 2 aromatic rings. The van der Waals surface area contributed by atoms with Gasteiger partial charge in [0.15, 0.2) is 17.7 Å². The topological polar surface area (TPSA) is 147 Å². The van der Waals surface area contributed by atoms with Gasteiger partial charge < -0.3 is 39.7 Å². The molecule has 11 heteroatoms. The first-order valence-corrected chi connectivity index (χ1v) is 10.8. The van der Waals surface area contributed by atoms with E-state index in [1.54, 1.807) is 24.6 Å². The van der Waals surface area contributed by atoms with Crippen LogP contribution in [0.3, 0.4) is 0 Å². The molecule has 1 saturated heterocycles. The second-order valence-corrected chi connectivity index (χ2v) is 8.28. The Balaban J connectivity index is 1.97. The molecule has 5 atom stereocenters. The highest BCUT2D eigenvalue weighted by Crippen LogP contribution is 2.34. The summed E-state index contributed by atoms with van der Waals surface area (Å²) >= 11 is 0. The molecule has 2 heterocycles. The van der Waals surface area contributed by atoms with Crippen LogP contribution in [0.5, 0.6) is 11.6 Å². The van der Waals surface area contributed by atoms with Gasteiger partial charge in [-0.1, -0.05) is 6.07 Å². The second-order valence-electron chi connectivity index (χ2n) is 8.28. The fraction of sp³-hybridized carbons (Fsp3) is 0.591. The third-order valence-corrected chi connectivity index (χ3v) is 5.57. The third-order valence-electron chi connectivity index (χ3n) is 5.57. The van der Waals surface area contributed by atoms with Crippen LogP contribution in [-0.2, 0) is 11.2 Å². The zero-order chi connectivity index (χ0) is 24.5. The van der Waals surface area contributed by atoms with Crippen LogP contribution in [0.1, 0.15) is 43.6 Å². The number of hydrogen-bond donors (Lipinski definition) is 5. The monoisotopic (exact) mass is 470 g/mol. The van der Waals surface area contributed by atoms with Gasteiger partial charge in [0.05, 0.1) is 13.2 Å². The van der Waals surface area contributed by atoms with Gasteiger partial charge in [-0.25, -0.2) is 4.39 Å². The molecule has 3 rings (SSSR count). The molecule has 5 N–H and O–H groups in total. The van der Waals surface area contributed by atoms with E-state index in [0.717, 1.165) is 0 Å². The van der Waals surface area contributed by atoms with Gasteiger partial charge in [0.2, 0.25) is 5.88 Å². The van der Waals surface area contributed by atoms with Gasteiger partial charge >= 0.3 is 5.97 Å². The first-order valence-electron chi connectivity index (χ1n) is 10.8. The van der Waals surface area contributed by atoms with Crippen molar-refractivity contribution in [1.29, 1.82) is 0 Å². The van der Waals surface area contributed by atoms with Gasteiger partial charge in [-0.05, 0) is 45.4 Å². The quantitative estimate of drug-likeness (QED) is 0.346. The third kappa shape index (κ3) is 4.98. The lowest BCUT2D eigenvalue weighted by Crippen LogP contribution is -2.67. The van der Waals surface area contributed by atoms with Crippen molar-refractivity contribution >= 4 is 0 Å². The largest absolute Gasteiger partial charge is 0.491 e. The highest BCUT2D eigenvalue weighted by atomic mass is 19.1. The van der Waals surface area contributed by atoms with Crippen molar-refractivity contribution in [2.24, 2.45) is 0 Å². The van der Waals surface area contributed by atoms with Crippen molar-refractivity contribution in [3.8, 4) is 11.6 Å². The van der Waals surface area contributed by atoms with E-state index in [4.69, 9.17) is 14.2 Å². The average Bonchev–Trinajstić information content (AvgIpc) is 3.06. The summed E-state index contributed by atoms with van der Waals surface area (Å²) < 4.78 is 32.0. The summed E-state index contributed by atoms with van der Waals surface area (Å²) in [7, 11) is 0. The molecule has 33 heavy (non-hydrogen) atoms. The molecule has 10 nitrogen and oxygen atoms in total. The van der Waals surface area contributed by atoms with E-state index in [0.29, 0.717) is 23.4 Å². The molecule has 0 saturated carbocycles. The average molecular weight is 470 g/mol.